The van der Waals surface area contributed by atoms with Crippen LogP contribution in [0.1, 0.15) is 47.1 Å². The van der Waals surface area contributed by atoms with Crippen LogP contribution in [-0.2, 0) is 20.6 Å². The molecule has 0 aromatic heterocycles. The predicted octanol–water partition coefficient (Wildman–Crippen LogP) is 3.94. The Morgan fingerprint density at radius 1 is 1.00 bits per heavy atom. The fourth-order valence-corrected chi connectivity index (χ4v) is 3.41. The van der Waals surface area contributed by atoms with Crippen LogP contribution >= 0.6 is 0 Å². The molecule has 2 atom stereocenters. The monoisotopic (exact) mass is 451 g/mol. The Labute approximate surface area is 186 Å². The maximum Gasteiger partial charge on any atom is 0.405 e. The Bertz CT molecular complexity index is 772. The lowest BCUT2D eigenvalue weighted by Crippen LogP contribution is -2.53. The molecule has 8 nitrogen and oxygen atoms in total. The molecular weight excluding hydrogens is 414 g/mol. The van der Waals surface area contributed by atoms with Crippen molar-refractivity contribution < 1.29 is 23.9 Å². The highest BCUT2D eigenvalue weighted by Gasteiger charge is 2.37. The zero-order valence-corrected chi connectivity index (χ0v) is 20.8. The number of rotatable bonds is 9. The first kappa shape index (κ1) is 26.6. The molecule has 3 amide bonds. The van der Waals surface area contributed by atoms with Gasteiger partial charge < -0.3 is 25.5 Å². The van der Waals surface area contributed by atoms with Crippen LogP contribution in [0, 0.1) is 5.92 Å². The summed E-state index contributed by atoms with van der Waals surface area (Å²) in [4.78, 5) is 35.6. The summed E-state index contributed by atoms with van der Waals surface area (Å²) in [6.07, 6.45) is -1.29. The summed E-state index contributed by atoms with van der Waals surface area (Å²) in [6.45, 7) is 16.5. The second-order valence-electron chi connectivity index (χ2n) is 9.64. The number of benzene rings is 1. The predicted molar refractivity (Wildman–Crippen MR) is 124 cm³/mol. The van der Waals surface area contributed by atoms with Gasteiger partial charge >= 0.3 is 6.09 Å². The summed E-state index contributed by atoms with van der Waals surface area (Å²) in [6, 6.07) is 5.62. The Balaban J connectivity index is 2.65. The molecule has 0 heterocycles. The molecule has 2 unspecified atom stereocenters. The first-order valence-electron chi connectivity index (χ1n) is 10.5. The van der Waals surface area contributed by atoms with Gasteiger partial charge in [-0.15, -0.1) is 0 Å². The smallest absolute Gasteiger partial charge is 0.405 e. The molecule has 4 N–H and O–H groups in total. The maximum absolute atomic E-state index is 12.4. The molecule has 9 heteroatoms. The Morgan fingerprint density at radius 2 is 1.55 bits per heavy atom. The Morgan fingerprint density at radius 3 is 2.00 bits per heavy atom. The van der Waals surface area contributed by atoms with Gasteiger partial charge in [0.25, 0.3) is 0 Å². The number of nitrogens with one attached hydrogen (secondary N) is 3. The average molecular weight is 452 g/mol. The molecule has 0 bridgehead atoms. The quantitative estimate of drug-likeness (QED) is 0.424. The maximum atomic E-state index is 12.4. The summed E-state index contributed by atoms with van der Waals surface area (Å²) in [7, 11) is -1.84. The van der Waals surface area contributed by atoms with Crippen LogP contribution in [0.5, 0.6) is 0 Å². The van der Waals surface area contributed by atoms with E-state index in [1.165, 1.54) is 0 Å². The van der Waals surface area contributed by atoms with Crippen molar-refractivity contribution in [3.8, 4) is 0 Å². The van der Waals surface area contributed by atoms with Crippen LogP contribution in [0.15, 0.2) is 24.3 Å². The van der Waals surface area contributed by atoms with E-state index in [1.807, 2.05) is 12.1 Å². The number of hydrogen-bond acceptors (Lipinski definition) is 4. The minimum atomic E-state index is -1.84. The van der Waals surface area contributed by atoms with Crippen molar-refractivity contribution in [3.63, 3.8) is 0 Å². The lowest BCUT2D eigenvalue weighted by atomic mass is 10.0. The zero-order valence-electron chi connectivity index (χ0n) is 19.8. The van der Waals surface area contributed by atoms with E-state index in [1.54, 1.807) is 32.9 Å². The average Bonchev–Trinajstić information content (AvgIpc) is 2.64. The minimum absolute atomic E-state index is 0.135. The lowest BCUT2D eigenvalue weighted by Gasteiger charge is -2.36. The molecule has 174 valence electrons. The molecule has 0 saturated carbocycles. The Kier molecular flexibility index (Phi) is 9.25. The topological polar surface area (TPSA) is 117 Å². The third kappa shape index (κ3) is 8.33. The van der Waals surface area contributed by atoms with Crippen molar-refractivity contribution in [2.75, 3.05) is 5.32 Å². The van der Waals surface area contributed by atoms with Crippen LogP contribution in [0.3, 0.4) is 0 Å². The van der Waals surface area contributed by atoms with E-state index < -0.39 is 38.3 Å². The molecule has 0 aliphatic heterocycles. The fourth-order valence-electron chi connectivity index (χ4n) is 2.45. The van der Waals surface area contributed by atoms with E-state index in [4.69, 9.17) is 9.53 Å². The second kappa shape index (κ2) is 10.8. The molecule has 1 rings (SSSR count). The number of hydrogen-bond donors (Lipinski definition) is 4. The third-order valence-electron chi connectivity index (χ3n) is 5.61. The summed E-state index contributed by atoms with van der Waals surface area (Å²) in [5.41, 5.74) is 1.62. The van der Waals surface area contributed by atoms with Gasteiger partial charge in [0, 0.05) is 5.69 Å². The van der Waals surface area contributed by atoms with Crippen LogP contribution in [0.2, 0.25) is 18.1 Å². The van der Waals surface area contributed by atoms with Crippen LogP contribution < -0.4 is 16.0 Å². The van der Waals surface area contributed by atoms with E-state index in [0.29, 0.717) is 12.3 Å². The van der Waals surface area contributed by atoms with Crippen molar-refractivity contribution in [1.82, 2.24) is 10.6 Å². The number of amides is 3. The molecule has 0 aliphatic rings. The van der Waals surface area contributed by atoms with Gasteiger partial charge in [-0.25, -0.2) is 4.79 Å². The van der Waals surface area contributed by atoms with Crippen molar-refractivity contribution in [3.05, 3.63) is 29.8 Å². The number of carbonyl (C=O) groups is 3. The third-order valence-corrected chi connectivity index (χ3v) is 10.1. The highest BCUT2D eigenvalue weighted by atomic mass is 28.4. The van der Waals surface area contributed by atoms with Crippen molar-refractivity contribution in [2.24, 2.45) is 5.92 Å². The second-order valence-corrected chi connectivity index (χ2v) is 14.4. The fraction of sp³-hybridized carbons (Fsp3) is 0.591. The molecule has 0 aliphatic carbocycles. The van der Waals surface area contributed by atoms with E-state index in [9.17, 15) is 14.4 Å². The van der Waals surface area contributed by atoms with Crippen LogP contribution in [-0.4, -0.2) is 43.4 Å². The van der Waals surface area contributed by atoms with Crippen LogP contribution in [0.25, 0.3) is 0 Å². The highest BCUT2D eigenvalue weighted by Crippen LogP contribution is 2.37. The number of carbonyl (C=O) groups excluding carboxylic acids is 2. The molecular formula is C22H37N3O5Si. The molecule has 1 aromatic rings. The number of anilines is 1. The molecule has 1 aromatic carbocycles. The van der Waals surface area contributed by atoms with E-state index in [-0.39, 0.29) is 11.0 Å². The number of carboxylic acid groups (broad SMARTS) is 1. The molecule has 31 heavy (non-hydrogen) atoms. The summed E-state index contributed by atoms with van der Waals surface area (Å²) < 4.78 is 6.21. The largest absolute Gasteiger partial charge is 0.465 e. The first-order valence-corrected chi connectivity index (χ1v) is 13.4. The van der Waals surface area contributed by atoms with Gasteiger partial charge in [-0.05, 0) is 48.7 Å². The van der Waals surface area contributed by atoms with Gasteiger partial charge in [0.05, 0.1) is 6.61 Å². The Hall–Kier alpha value is -2.39. The highest BCUT2D eigenvalue weighted by molar-refractivity contribution is 6.74. The van der Waals surface area contributed by atoms with E-state index in [0.717, 1.165) is 5.56 Å². The first-order chi connectivity index (χ1) is 14.1. The van der Waals surface area contributed by atoms with Crippen molar-refractivity contribution in [2.45, 2.75) is 78.4 Å². The van der Waals surface area contributed by atoms with Gasteiger partial charge in [-0.3, -0.25) is 9.59 Å². The van der Waals surface area contributed by atoms with Crippen molar-refractivity contribution in [1.29, 1.82) is 0 Å². The minimum Gasteiger partial charge on any atom is -0.465 e. The summed E-state index contributed by atoms with van der Waals surface area (Å²) in [5.74, 6) is -1.19. The van der Waals surface area contributed by atoms with Gasteiger partial charge in [-0.1, -0.05) is 46.8 Å². The summed E-state index contributed by atoms with van der Waals surface area (Å²) in [5, 5.41) is 16.5. The normalized spacial score (nSPS) is 14.0. The van der Waals surface area contributed by atoms with Gasteiger partial charge in [0.15, 0.2) is 8.32 Å². The standard InChI is InChI=1S/C22H37N3O5Si/c1-14(2)18(25-21(28)29)20(27)23-15(3)19(26)24-17-11-9-16(10-12-17)13-30-31(7,8)22(4,5)6/h9-12,14-15,18,25H,13H2,1-8H3,(H,23,27)(H,24,26)(H,28,29). The molecule has 0 radical (unpaired) electrons. The van der Waals surface area contributed by atoms with Crippen LogP contribution in [0.4, 0.5) is 10.5 Å². The van der Waals surface area contributed by atoms with E-state index >= 15 is 0 Å². The van der Waals surface area contributed by atoms with Gasteiger partial charge in [0.2, 0.25) is 11.8 Å². The molecule has 0 spiro atoms. The summed E-state index contributed by atoms with van der Waals surface area (Å²) >= 11 is 0. The zero-order chi connectivity index (χ0) is 24.0. The molecule has 0 fully saturated rings. The van der Waals surface area contributed by atoms with Gasteiger partial charge in [0.1, 0.15) is 12.1 Å². The van der Waals surface area contributed by atoms with Gasteiger partial charge in [-0.2, -0.15) is 0 Å². The van der Waals surface area contributed by atoms with Crippen molar-refractivity contribution >= 4 is 31.9 Å². The van der Waals surface area contributed by atoms with E-state index in [2.05, 4.69) is 49.8 Å². The molecule has 0 saturated heterocycles. The SMILES string of the molecule is CC(NC(=O)C(NC(=O)O)C(C)C)C(=O)Nc1ccc(CO[Si](C)(C)C(C)(C)C)cc1. The lowest BCUT2D eigenvalue weighted by molar-refractivity contribution is -0.128.